The summed E-state index contributed by atoms with van der Waals surface area (Å²) < 4.78 is 21.8. The second-order valence-corrected chi connectivity index (χ2v) is 6.93. The van der Waals surface area contributed by atoms with Gasteiger partial charge < -0.3 is 10.6 Å². The Bertz CT molecular complexity index is 558. The number of aryl methyl sites for hydroxylation is 1. The minimum absolute atomic E-state index is 0.151. The summed E-state index contributed by atoms with van der Waals surface area (Å²) in [5, 5.41) is 11.3. The van der Waals surface area contributed by atoms with Crippen LogP contribution in [0.5, 0.6) is 0 Å². The van der Waals surface area contributed by atoms with Crippen molar-refractivity contribution in [1.82, 2.24) is 10.6 Å². The van der Waals surface area contributed by atoms with Gasteiger partial charge in [-0.3, -0.25) is 4.99 Å². The molecule has 7 heteroatoms. The molecule has 0 saturated carbocycles. The number of benzene rings is 1. The number of guanidine groups is 1. The van der Waals surface area contributed by atoms with Crippen molar-refractivity contribution in [3.8, 4) is 0 Å². The Labute approximate surface area is 133 Å². The highest BCUT2D eigenvalue weighted by Gasteiger charge is 2.06. The van der Waals surface area contributed by atoms with Gasteiger partial charge in [0.05, 0.1) is 12.3 Å². The highest BCUT2D eigenvalue weighted by Crippen LogP contribution is 2.04. The van der Waals surface area contributed by atoms with Gasteiger partial charge in [-0.25, -0.2) is 13.6 Å². The van der Waals surface area contributed by atoms with Gasteiger partial charge >= 0.3 is 0 Å². The lowest BCUT2D eigenvalue weighted by atomic mass is 10.1. The summed E-state index contributed by atoms with van der Waals surface area (Å²) >= 11 is 0. The number of rotatable bonds is 8. The molecule has 6 nitrogen and oxygen atoms in total. The van der Waals surface area contributed by atoms with E-state index in [1.807, 2.05) is 25.1 Å². The minimum atomic E-state index is -3.47. The first kappa shape index (κ1) is 18.4. The summed E-state index contributed by atoms with van der Waals surface area (Å²) in [7, 11) is -3.47. The molecular weight excluding hydrogens is 300 g/mol. The second kappa shape index (κ2) is 9.42. The molecule has 22 heavy (non-hydrogen) atoms. The molecule has 0 aliphatic carbocycles. The maximum Gasteiger partial charge on any atom is 0.210 e. The van der Waals surface area contributed by atoms with Gasteiger partial charge in [-0.05, 0) is 32.3 Å². The molecular formula is C15H26N4O2S. The van der Waals surface area contributed by atoms with Crippen LogP contribution in [0.2, 0.25) is 0 Å². The standard InChI is InChI=1S/C15H26N4O2S/c1-3-17-15(18-11-12-22(16,20)21)19-13(2)9-10-14-7-5-4-6-8-14/h4-8,13H,3,9-12H2,1-2H3,(H2,16,20,21)(H2,17,18,19). The van der Waals surface area contributed by atoms with Gasteiger partial charge in [0.15, 0.2) is 5.96 Å². The van der Waals surface area contributed by atoms with Crippen LogP contribution in [0.4, 0.5) is 0 Å². The Morgan fingerprint density at radius 1 is 1.32 bits per heavy atom. The van der Waals surface area contributed by atoms with E-state index in [4.69, 9.17) is 5.14 Å². The number of nitrogens with one attached hydrogen (secondary N) is 2. The van der Waals surface area contributed by atoms with Gasteiger partial charge in [-0.15, -0.1) is 0 Å². The molecule has 0 saturated heterocycles. The van der Waals surface area contributed by atoms with Crippen LogP contribution in [-0.2, 0) is 16.4 Å². The summed E-state index contributed by atoms with van der Waals surface area (Å²) in [4.78, 5) is 4.23. The van der Waals surface area contributed by atoms with Crippen molar-refractivity contribution in [2.45, 2.75) is 32.7 Å². The van der Waals surface area contributed by atoms with E-state index in [1.54, 1.807) is 0 Å². The van der Waals surface area contributed by atoms with Gasteiger partial charge in [0.2, 0.25) is 10.0 Å². The zero-order valence-corrected chi connectivity index (χ0v) is 14.1. The minimum Gasteiger partial charge on any atom is -0.357 e. The number of hydrogen-bond acceptors (Lipinski definition) is 3. The Balaban J connectivity index is 2.45. The predicted molar refractivity (Wildman–Crippen MR) is 91.3 cm³/mol. The number of hydrogen-bond donors (Lipinski definition) is 3. The van der Waals surface area contributed by atoms with Gasteiger partial charge in [0.1, 0.15) is 0 Å². The van der Waals surface area contributed by atoms with Crippen LogP contribution in [0, 0.1) is 0 Å². The fourth-order valence-electron chi connectivity index (χ4n) is 1.94. The fourth-order valence-corrected chi connectivity index (χ4v) is 2.28. The van der Waals surface area contributed by atoms with E-state index in [0.717, 1.165) is 12.8 Å². The number of sulfonamides is 1. The quantitative estimate of drug-likeness (QED) is 0.487. The smallest absolute Gasteiger partial charge is 0.210 e. The SMILES string of the molecule is CCNC(=NCCS(N)(=O)=O)NC(C)CCc1ccccc1. The fraction of sp³-hybridized carbons (Fsp3) is 0.533. The normalized spacial score (nSPS) is 13.7. The van der Waals surface area contributed by atoms with Gasteiger partial charge in [-0.1, -0.05) is 30.3 Å². The van der Waals surface area contributed by atoms with E-state index in [0.29, 0.717) is 12.5 Å². The zero-order chi connectivity index (χ0) is 16.4. The van der Waals surface area contributed by atoms with Gasteiger partial charge in [0, 0.05) is 12.6 Å². The summed E-state index contributed by atoms with van der Waals surface area (Å²) in [6.07, 6.45) is 1.94. The topological polar surface area (TPSA) is 96.6 Å². The summed E-state index contributed by atoms with van der Waals surface area (Å²) in [6, 6.07) is 10.5. The first-order valence-electron chi connectivity index (χ1n) is 7.50. The molecule has 124 valence electrons. The predicted octanol–water partition coefficient (Wildman–Crippen LogP) is 0.851. The van der Waals surface area contributed by atoms with Crippen molar-refractivity contribution in [2.24, 2.45) is 10.1 Å². The van der Waals surface area contributed by atoms with Crippen LogP contribution in [0.25, 0.3) is 0 Å². The largest absolute Gasteiger partial charge is 0.357 e. The zero-order valence-electron chi connectivity index (χ0n) is 13.2. The molecule has 4 N–H and O–H groups in total. The van der Waals surface area contributed by atoms with E-state index in [2.05, 4.69) is 34.7 Å². The first-order valence-corrected chi connectivity index (χ1v) is 9.21. The lowest BCUT2D eigenvalue weighted by Gasteiger charge is -2.17. The molecule has 1 aromatic rings. The lowest BCUT2D eigenvalue weighted by molar-refractivity contribution is 0.592. The van der Waals surface area contributed by atoms with Crippen LogP contribution in [0.1, 0.15) is 25.8 Å². The third-order valence-corrected chi connectivity index (χ3v) is 3.83. The summed E-state index contributed by atoms with van der Waals surface area (Å²) in [5.74, 6) is 0.467. The Morgan fingerprint density at radius 2 is 2.00 bits per heavy atom. The van der Waals surface area contributed by atoms with E-state index in [1.165, 1.54) is 5.56 Å². The summed E-state index contributed by atoms with van der Waals surface area (Å²) in [5.41, 5.74) is 1.30. The van der Waals surface area contributed by atoms with E-state index < -0.39 is 10.0 Å². The molecule has 0 fully saturated rings. The van der Waals surface area contributed by atoms with E-state index in [9.17, 15) is 8.42 Å². The van der Waals surface area contributed by atoms with Crippen LogP contribution >= 0.6 is 0 Å². The summed E-state index contributed by atoms with van der Waals surface area (Å²) in [6.45, 7) is 4.91. The molecule has 1 aromatic carbocycles. The molecule has 0 aromatic heterocycles. The van der Waals surface area contributed by atoms with Crippen molar-refractivity contribution in [3.05, 3.63) is 35.9 Å². The Morgan fingerprint density at radius 3 is 2.59 bits per heavy atom. The Kier molecular flexibility index (Phi) is 7.90. The molecule has 0 spiro atoms. The van der Waals surface area contributed by atoms with E-state index in [-0.39, 0.29) is 18.3 Å². The van der Waals surface area contributed by atoms with Crippen LogP contribution in [-0.4, -0.2) is 39.3 Å². The van der Waals surface area contributed by atoms with Crippen LogP contribution in [0.3, 0.4) is 0 Å². The highest BCUT2D eigenvalue weighted by molar-refractivity contribution is 7.89. The number of primary sulfonamides is 1. The highest BCUT2D eigenvalue weighted by atomic mass is 32.2. The molecule has 1 rings (SSSR count). The monoisotopic (exact) mass is 326 g/mol. The van der Waals surface area contributed by atoms with Crippen molar-refractivity contribution in [3.63, 3.8) is 0 Å². The first-order chi connectivity index (χ1) is 10.4. The maximum atomic E-state index is 10.9. The van der Waals surface area contributed by atoms with Crippen molar-refractivity contribution in [2.75, 3.05) is 18.8 Å². The molecule has 0 radical (unpaired) electrons. The third-order valence-electron chi connectivity index (χ3n) is 3.08. The molecule has 0 heterocycles. The number of aliphatic imine (C=N–C) groups is 1. The van der Waals surface area contributed by atoms with Crippen molar-refractivity contribution < 1.29 is 8.42 Å². The lowest BCUT2D eigenvalue weighted by Crippen LogP contribution is -2.42. The number of nitrogens with two attached hydrogens (primary N) is 1. The van der Waals surface area contributed by atoms with Crippen molar-refractivity contribution >= 4 is 16.0 Å². The molecule has 1 unspecified atom stereocenters. The average molecular weight is 326 g/mol. The third kappa shape index (κ3) is 8.63. The molecule has 0 aliphatic heterocycles. The maximum absolute atomic E-state index is 10.9. The van der Waals surface area contributed by atoms with Crippen molar-refractivity contribution in [1.29, 1.82) is 0 Å². The van der Waals surface area contributed by atoms with Crippen LogP contribution < -0.4 is 15.8 Å². The van der Waals surface area contributed by atoms with E-state index >= 15 is 0 Å². The van der Waals surface area contributed by atoms with Crippen LogP contribution in [0.15, 0.2) is 35.3 Å². The molecule has 0 amide bonds. The molecule has 0 bridgehead atoms. The number of nitrogens with zero attached hydrogens (tertiary/aromatic N) is 1. The molecule has 1 atom stereocenters. The average Bonchev–Trinajstić information content (AvgIpc) is 2.45. The van der Waals surface area contributed by atoms with Gasteiger partial charge in [-0.2, -0.15) is 0 Å². The Hall–Kier alpha value is -1.60. The van der Waals surface area contributed by atoms with Gasteiger partial charge in [0.25, 0.3) is 0 Å². The molecule has 0 aliphatic rings. The second-order valence-electron chi connectivity index (χ2n) is 5.20.